The molecule has 0 unspecified atom stereocenters. The number of para-hydroxylation sites is 1. The molecule has 1 N–H and O–H groups in total. The Balaban J connectivity index is 1.70. The van der Waals surface area contributed by atoms with Gasteiger partial charge in [-0.25, -0.2) is 0 Å². The fraction of sp³-hybridized carbons (Fsp3) is 0.217. The van der Waals surface area contributed by atoms with Gasteiger partial charge in [0.25, 0.3) is 0 Å². The van der Waals surface area contributed by atoms with Crippen LogP contribution in [0.2, 0.25) is 5.02 Å². The Labute approximate surface area is 165 Å². The SMILES string of the molecule is COc1cccc(CNCc2ccccc2Cl)c1OCc1cccc(C)c1. The molecular weight excluding hydrogens is 358 g/mol. The molecule has 0 atom stereocenters. The minimum absolute atomic E-state index is 0.500. The Bertz CT molecular complexity index is 895. The summed E-state index contributed by atoms with van der Waals surface area (Å²) >= 11 is 6.23. The van der Waals surface area contributed by atoms with Gasteiger partial charge in [0.05, 0.1) is 7.11 Å². The van der Waals surface area contributed by atoms with Gasteiger partial charge in [0, 0.05) is 23.7 Å². The minimum Gasteiger partial charge on any atom is -0.493 e. The molecule has 0 amide bonds. The Morgan fingerprint density at radius 1 is 0.889 bits per heavy atom. The summed E-state index contributed by atoms with van der Waals surface area (Å²) in [6, 6.07) is 22.1. The lowest BCUT2D eigenvalue weighted by Crippen LogP contribution is -2.14. The van der Waals surface area contributed by atoms with Gasteiger partial charge in [0.2, 0.25) is 0 Å². The van der Waals surface area contributed by atoms with Crippen molar-refractivity contribution in [1.29, 1.82) is 0 Å². The van der Waals surface area contributed by atoms with Crippen LogP contribution in [0.1, 0.15) is 22.3 Å². The third-order valence-electron chi connectivity index (χ3n) is 4.33. The summed E-state index contributed by atoms with van der Waals surface area (Å²) in [7, 11) is 1.66. The maximum Gasteiger partial charge on any atom is 0.166 e. The van der Waals surface area contributed by atoms with Crippen molar-refractivity contribution in [3.63, 3.8) is 0 Å². The zero-order chi connectivity index (χ0) is 19.1. The molecule has 0 fully saturated rings. The highest BCUT2D eigenvalue weighted by atomic mass is 35.5. The fourth-order valence-electron chi connectivity index (χ4n) is 2.96. The number of rotatable bonds is 8. The van der Waals surface area contributed by atoms with E-state index in [1.165, 1.54) is 5.56 Å². The predicted octanol–water partition coefficient (Wildman–Crippen LogP) is 5.53. The first kappa shape index (κ1) is 19.3. The number of nitrogens with one attached hydrogen (secondary N) is 1. The Morgan fingerprint density at radius 2 is 1.63 bits per heavy atom. The summed E-state index contributed by atoms with van der Waals surface area (Å²) in [5, 5.41) is 4.21. The molecule has 0 aromatic heterocycles. The van der Waals surface area contributed by atoms with Crippen LogP contribution in [0.15, 0.2) is 66.7 Å². The highest BCUT2D eigenvalue weighted by Crippen LogP contribution is 2.32. The molecular formula is C23H24ClNO2. The van der Waals surface area contributed by atoms with Gasteiger partial charge in [-0.1, -0.05) is 71.8 Å². The Morgan fingerprint density at radius 3 is 2.41 bits per heavy atom. The van der Waals surface area contributed by atoms with Crippen LogP contribution in [-0.2, 0) is 19.7 Å². The summed E-state index contributed by atoms with van der Waals surface area (Å²) < 4.78 is 11.6. The van der Waals surface area contributed by atoms with E-state index < -0.39 is 0 Å². The van der Waals surface area contributed by atoms with Crippen LogP contribution in [0, 0.1) is 6.92 Å². The van der Waals surface area contributed by atoms with Crippen LogP contribution >= 0.6 is 11.6 Å². The van der Waals surface area contributed by atoms with Crippen molar-refractivity contribution in [2.24, 2.45) is 0 Å². The molecule has 0 spiro atoms. The zero-order valence-electron chi connectivity index (χ0n) is 15.7. The number of aryl methyl sites for hydroxylation is 1. The zero-order valence-corrected chi connectivity index (χ0v) is 16.4. The summed E-state index contributed by atoms with van der Waals surface area (Å²) in [6.07, 6.45) is 0. The molecule has 3 rings (SSSR count). The van der Waals surface area contributed by atoms with Gasteiger partial charge in [-0.05, 0) is 30.2 Å². The minimum atomic E-state index is 0.500. The van der Waals surface area contributed by atoms with Gasteiger partial charge < -0.3 is 14.8 Å². The van der Waals surface area contributed by atoms with E-state index in [-0.39, 0.29) is 0 Å². The first-order valence-corrected chi connectivity index (χ1v) is 9.33. The van der Waals surface area contributed by atoms with Crippen molar-refractivity contribution in [2.75, 3.05) is 7.11 Å². The molecule has 0 heterocycles. The van der Waals surface area contributed by atoms with Crippen LogP contribution in [0.25, 0.3) is 0 Å². The molecule has 4 heteroatoms. The number of ether oxygens (including phenoxy) is 2. The molecule has 140 valence electrons. The lowest BCUT2D eigenvalue weighted by molar-refractivity contribution is 0.280. The number of benzene rings is 3. The Kier molecular flexibility index (Phi) is 6.74. The van der Waals surface area contributed by atoms with Gasteiger partial charge in [-0.2, -0.15) is 0 Å². The largest absolute Gasteiger partial charge is 0.493 e. The van der Waals surface area contributed by atoms with Crippen molar-refractivity contribution in [3.05, 3.63) is 94.0 Å². The highest BCUT2D eigenvalue weighted by molar-refractivity contribution is 6.31. The molecule has 3 aromatic carbocycles. The molecule has 0 aliphatic rings. The number of hydrogen-bond acceptors (Lipinski definition) is 3. The van der Waals surface area contributed by atoms with Crippen LogP contribution in [0.5, 0.6) is 11.5 Å². The second-order valence-electron chi connectivity index (χ2n) is 6.42. The van der Waals surface area contributed by atoms with E-state index >= 15 is 0 Å². The third kappa shape index (κ3) is 5.25. The van der Waals surface area contributed by atoms with Crippen LogP contribution in [-0.4, -0.2) is 7.11 Å². The summed E-state index contributed by atoms with van der Waals surface area (Å²) in [5.74, 6) is 1.51. The number of halogens is 1. The van der Waals surface area contributed by atoms with Crippen LogP contribution in [0.3, 0.4) is 0 Å². The summed E-state index contributed by atoms with van der Waals surface area (Å²) in [6.45, 7) is 3.93. The monoisotopic (exact) mass is 381 g/mol. The third-order valence-corrected chi connectivity index (χ3v) is 4.70. The molecule has 0 saturated carbocycles. The topological polar surface area (TPSA) is 30.5 Å². The summed E-state index contributed by atoms with van der Waals surface area (Å²) in [4.78, 5) is 0. The van der Waals surface area contributed by atoms with Crippen LogP contribution < -0.4 is 14.8 Å². The molecule has 0 aliphatic carbocycles. The molecule has 0 radical (unpaired) electrons. The van der Waals surface area contributed by atoms with E-state index in [0.29, 0.717) is 19.7 Å². The molecule has 0 aliphatic heterocycles. The van der Waals surface area contributed by atoms with Crippen molar-refractivity contribution in [1.82, 2.24) is 5.32 Å². The molecule has 0 bridgehead atoms. The quantitative estimate of drug-likeness (QED) is 0.556. The normalized spacial score (nSPS) is 10.6. The summed E-state index contributed by atoms with van der Waals surface area (Å²) in [5.41, 5.74) is 4.48. The second-order valence-corrected chi connectivity index (χ2v) is 6.83. The smallest absolute Gasteiger partial charge is 0.166 e. The predicted molar refractivity (Wildman–Crippen MR) is 111 cm³/mol. The van der Waals surface area contributed by atoms with E-state index in [4.69, 9.17) is 21.1 Å². The average Bonchev–Trinajstić information content (AvgIpc) is 2.68. The lowest BCUT2D eigenvalue weighted by Gasteiger charge is -2.16. The first-order valence-electron chi connectivity index (χ1n) is 8.95. The van der Waals surface area contributed by atoms with Crippen molar-refractivity contribution in [2.45, 2.75) is 26.6 Å². The Hall–Kier alpha value is -2.49. The van der Waals surface area contributed by atoms with Gasteiger partial charge in [-0.3, -0.25) is 0 Å². The van der Waals surface area contributed by atoms with Gasteiger partial charge in [0.15, 0.2) is 11.5 Å². The highest BCUT2D eigenvalue weighted by Gasteiger charge is 2.11. The van der Waals surface area contributed by atoms with E-state index in [0.717, 1.165) is 33.2 Å². The van der Waals surface area contributed by atoms with Gasteiger partial charge >= 0.3 is 0 Å². The van der Waals surface area contributed by atoms with Crippen molar-refractivity contribution in [3.8, 4) is 11.5 Å². The van der Waals surface area contributed by atoms with Crippen molar-refractivity contribution < 1.29 is 9.47 Å². The lowest BCUT2D eigenvalue weighted by atomic mass is 10.1. The van der Waals surface area contributed by atoms with Crippen LogP contribution in [0.4, 0.5) is 0 Å². The molecule has 3 aromatic rings. The van der Waals surface area contributed by atoms with Gasteiger partial charge in [0.1, 0.15) is 6.61 Å². The fourth-order valence-corrected chi connectivity index (χ4v) is 3.16. The molecule has 3 nitrogen and oxygen atoms in total. The number of methoxy groups -OCH3 is 1. The van der Waals surface area contributed by atoms with E-state index in [1.54, 1.807) is 7.11 Å². The van der Waals surface area contributed by atoms with Gasteiger partial charge in [-0.15, -0.1) is 0 Å². The van der Waals surface area contributed by atoms with E-state index in [9.17, 15) is 0 Å². The maximum absolute atomic E-state index is 6.23. The standard InChI is InChI=1S/C23H24ClNO2/c1-17-7-5-8-18(13-17)16-27-23-20(10-6-12-22(23)26-2)15-25-14-19-9-3-4-11-21(19)24/h3-13,25H,14-16H2,1-2H3. The molecule has 27 heavy (non-hydrogen) atoms. The second kappa shape index (κ2) is 9.45. The molecule has 0 saturated heterocycles. The maximum atomic E-state index is 6.23. The number of hydrogen-bond donors (Lipinski definition) is 1. The average molecular weight is 382 g/mol. The van der Waals surface area contributed by atoms with Crippen molar-refractivity contribution >= 4 is 11.6 Å². The first-order chi connectivity index (χ1) is 13.2. The van der Waals surface area contributed by atoms with E-state index in [2.05, 4.69) is 30.4 Å². The van der Waals surface area contributed by atoms with E-state index in [1.807, 2.05) is 48.5 Å².